The molecule has 13 N–H and O–H groups in total. The Morgan fingerprint density at radius 2 is 0.843 bits per heavy atom. The molecule has 26 atom stereocenters. The van der Waals surface area contributed by atoms with Crippen molar-refractivity contribution in [2.24, 2.45) is 0 Å². The molecule has 24 nitrogen and oxygen atoms in total. The number of carboxylic acid groups (broad SMARTS) is 1. The van der Waals surface area contributed by atoms with Crippen LogP contribution in [-0.4, -0.2) is 239 Å². The fourth-order valence-corrected chi connectivity index (χ4v) is 9.56. The molecule has 0 aromatic carbocycles. The van der Waals surface area contributed by atoms with Crippen molar-refractivity contribution in [2.45, 2.75) is 278 Å². The van der Waals surface area contributed by atoms with Gasteiger partial charge in [-0.3, -0.25) is 4.79 Å². The van der Waals surface area contributed by atoms with Crippen LogP contribution in [0.4, 0.5) is 0 Å². The summed E-state index contributed by atoms with van der Waals surface area (Å²) in [6.07, 6.45) is -29.0. The molecule has 0 unspecified atom stereocenters. The van der Waals surface area contributed by atoms with Gasteiger partial charge in [-0.05, 0) is 47.0 Å². The Bertz CT molecular complexity index is 1520. The fraction of sp³-hybridized carbons (Fsp3) is 0.978. The van der Waals surface area contributed by atoms with Gasteiger partial charge in [0, 0.05) is 6.42 Å². The third-order valence-electron chi connectivity index (χ3n) is 14.0. The number of rotatable bonds is 25. The van der Waals surface area contributed by atoms with Crippen molar-refractivity contribution in [3.8, 4) is 0 Å². The largest absolute Gasteiger partial charge is 0.481 e. The van der Waals surface area contributed by atoms with Gasteiger partial charge in [0.15, 0.2) is 31.5 Å². The van der Waals surface area contributed by atoms with E-state index >= 15 is 0 Å². The molecule has 5 heterocycles. The van der Waals surface area contributed by atoms with Gasteiger partial charge in [0.1, 0.15) is 97.7 Å². The molecular weight excluding hydrogens is 936 g/mol. The van der Waals surface area contributed by atoms with Crippen LogP contribution in [0.1, 0.15) is 118 Å². The van der Waals surface area contributed by atoms with Crippen LogP contribution in [0.5, 0.6) is 0 Å². The highest BCUT2D eigenvalue weighted by atomic mass is 16.8. The molecule has 70 heavy (non-hydrogen) atoms. The topological polar surface area (TPSA) is 372 Å². The number of aliphatic hydroxyl groups excluding tert-OH is 12. The predicted molar refractivity (Wildman–Crippen MR) is 237 cm³/mol. The van der Waals surface area contributed by atoms with Crippen LogP contribution >= 0.6 is 0 Å². The second-order valence-corrected chi connectivity index (χ2v) is 19.5. The minimum Gasteiger partial charge on any atom is -0.481 e. The number of carbonyl (C=O) groups is 1. The Hall–Kier alpha value is -1.41. The Balaban J connectivity index is 1.27. The van der Waals surface area contributed by atoms with Crippen molar-refractivity contribution in [3.63, 3.8) is 0 Å². The van der Waals surface area contributed by atoms with Gasteiger partial charge in [-0.25, -0.2) is 0 Å². The quantitative estimate of drug-likeness (QED) is 0.0430. The molecule has 0 aliphatic carbocycles. The highest BCUT2D eigenvalue weighted by Crippen LogP contribution is 2.37. The lowest BCUT2D eigenvalue weighted by molar-refractivity contribution is -0.400. The summed E-state index contributed by atoms with van der Waals surface area (Å²) in [5, 5.41) is 139. The SMILES string of the molecule is CCCCC[C@@H](CCCCCCCCCC(=O)O)O[C@@H]1O[C@H](C)[C@H](O)[C@H](O)[C@H]1O[C@@H]1O[C@@H](C)[C@H](O[C@@H]2O[C@@H](C)[C@H](O[C@@H]3O[C@@H](C)[C@H](O)[C@@H](O)[C@H]3O)[C@@H](O[C@@H]3O[C@H](CO)[C@H](O)[C@H](O)[C@H]3O)[C@H]2O)[C@H](O)[C@H]1O. The standard InChI is InChI=1S/C46H82O24/c1-6-7-13-16-24(17-14-11-9-8-10-12-15-18-26(48)49)65-46-41(32(55)28(51)21(3)62-46)70-43-36(59)33(56)38(22(4)63-43)67-45-37(60)40(69-44-35(58)31(54)29(52)25(19-47)66-44)39(23(5)64-45)68-42-34(57)30(53)27(50)20(2)61-42/h20-25,27-47,50-60H,6-19H2,1-5H3,(H,48,49)/t20-,21+,22-,23-,24-,25+,27-,28-,29-,30+,31-,32-,33+,34+,35+,36+,37+,38-,39-,40-,41+,42-,43-,44-,45-,46-/m0/s1. The van der Waals surface area contributed by atoms with Crippen molar-refractivity contribution in [1.82, 2.24) is 0 Å². The maximum absolute atomic E-state index is 11.9. The van der Waals surface area contributed by atoms with Crippen molar-refractivity contribution in [2.75, 3.05) is 6.61 Å². The van der Waals surface area contributed by atoms with Crippen molar-refractivity contribution in [1.29, 1.82) is 0 Å². The number of ether oxygens (including phenoxy) is 10. The van der Waals surface area contributed by atoms with E-state index in [1.807, 2.05) is 0 Å². The van der Waals surface area contributed by atoms with E-state index in [-0.39, 0.29) is 12.5 Å². The van der Waals surface area contributed by atoms with Crippen LogP contribution in [0.15, 0.2) is 0 Å². The Kier molecular flexibility index (Phi) is 23.7. The highest BCUT2D eigenvalue weighted by molar-refractivity contribution is 5.66. The number of aliphatic hydroxyl groups is 12. The molecule has 0 bridgehead atoms. The first-order chi connectivity index (χ1) is 33.2. The van der Waals surface area contributed by atoms with Gasteiger partial charge in [0.2, 0.25) is 0 Å². The lowest BCUT2D eigenvalue weighted by Crippen LogP contribution is -2.67. The molecule has 24 heteroatoms. The molecule has 0 aromatic heterocycles. The molecule has 0 aromatic rings. The smallest absolute Gasteiger partial charge is 0.303 e. The minimum absolute atomic E-state index is 0.165. The number of unbranched alkanes of at least 4 members (excludes halogenated alkanes) is 8. The summed E-state index contributed by atoms with van der Waals surface area (Å²) >= 11 is 0. The van der Waals surface area contributed by atoms with Crippen LogP contribution in [0.3, 0.4) is 0 Å². The van der Waals surface area contributed by atoms with Crippen molar-refractivity contribution < 1.29 is 119 Å². The fourth-order valence-electron chi connectivity index (χ4n) is 9.56. The van der Waals surface area contributed by atoms with Crippen molar-refractivity contribution >= 4 is 5.97 Å². The molecule has 0 saturated carbocycles. The van der Waals surface area contributed by atoms with Crippen LogP contribution in [0, 0.1) is 0 Å². The van der Waals surface area contributed by atoms with Crippen molar-refractivity contribution in [3.05, 3.63) is 0 Å². The van der Waals surface area contributed by atoms with E-state index in [1.54, 1.807) is 6.92 Å². The van der Waals surface area contributed by atoms with Crippen LogP contribution in [-0.2, 0) is 52.2 Å². The number of hydrogen-bond donors (Lipinski definition) is 13. The minimum atomic E-state index is -1.95. The molecular formula is C46H82O24. The summed E-state index contributed by atoms with van der Waals surface area (Å²) in [4.78, 5) is 10.8. The summed E-state index contributed by atoms with van der Waals surface area (Å²) in [6.45, 7) is 7.15. The Labute approximate surface area is 408 Å². The summed E-state index contributed by atoms with van der Waals surface area (Å²) in [5.74, 6) is -0.794. The summed E-state index contributed by atoms with van der Waals surface area (Å²) in [7, 11) is 0. The molecule has 5 aliphatic heterocycles. The molecule has 5 saturated heterocycles. The summed E-state index contributed by atoms with van der Waals surface area (Å²) < 4.78 is 60.0. The van der Waals surface area contributed by atoms with Crippen LogP contribution in [0.2, 0.25) is 0 Å². The zero-order valence-electron chi connectivity index (χ0n) is 40.7. The highest BCUT2D eigenvalue weighted by Gasteiger charge is 2.56. The Morgan fingerprint density at radius 3 is 1.43 bits per heavy atom. The van der Waals surface area contributed by atoms with Gasteiger partial charge in [-0.15, -0.1) is 0 Å². The van der Waals surface area contributed by atoms with Gasteiger partial charge in [0.25, 0.3) is 0 Å². The maximum Gasteiger partial charge on any atom is 0.303 e. The predicted octanol–water partition coefficient (Wildman–Crippen LogP) is -2.25. The average Bonchev–Trinajstić information content (AvgIpc) is 3.32. The lowest BCUT2D eigenvalue weighted by Gasteiger charge is -2.50. The molecule has 410 valence electrons. The van der Waals surface area contributed by atoms with Crippen LogP contribution in [0.25, 0.3) is 0 Å². The van der Waals surface area contributed by atoms with E-state index in [0.717, 1.165) is 57.8 Å². The summed E-state index contributed by atoms with van der Waals surface area (Å²) in [5.41, 5.74) is 0. The second kappa shape index (κ2) is 27.9. The maximum atomic E-state index is 11.9. The molecule has 0 radical (unpaired) electrons. The normalized spacial score (nSPS) is 45.4. The Morgan fingerprint density at radius 1 is 0.429 bits per heavy atom. The number of carboxylic acids is 1. The van der Waals surface area contributed by atoms with Gasteiger partial charge in [-0.1, -0.05) is 64.7 Å². The van der Waals surface area contributed by atoms with E-state index in [9.17, 15) is 66.1 Å². The first kappa shape index (κ1) is 59.5. The zero-order valence-corrected chi connectivity index (χ0v) is 40.7. The first-order valence-electron chi connectivity index (χ1n) is 25.1. The van der Waals surface area contributed by atoms with Gasteiger partial charge < -0.3 is 114 Å². The average molecular weight is 1020 g/mol. The van der Waals surface area contributed by atoms with Gasteiger partial charge >= 0.3 is 5.97 Å². The lowest BCUT2D eigenvalue weighted by atomic mass is 9.95. The van der Waals surface area contributed by atoms with Crippen LogP contribution < -0.4 is 0 Å². The summed E-state index contributed by atoms with van der Waals surface area (Å²) in [6, 6.07) is 0. The van der Waals surface area contributed by atoms with E-state index in [0.29, 0.717) is 19.3 Å². The van der Waals surface area contributed by atoms with E-state index < -0.39 is 166 Å². The molecule has 0 amide bonds. The third kappa shape index (κ3) is 15.1. The third-order valence-corrected chi connectivity index (χ3v) is 14.0. The number of aliphatic carboxylic acids is 1. The van der Waals surface area contributed by atoms with E-state index in [1.165, 1.54) is 20.8 Å². The second-order valence-electron chi connectivity index (χ2n) is 19.5. The van der Waals surface area contributed by atoms with Gasteiger partial charge in [0.05, 0.1) is 37.1 Å². The van der Waals surface area contributed by atoms with Gasteiger partial charge in [-0.2, -0.15) is 0 Å². The van der Waals surface area contributed by atoms with E-state index in [2.05, 4.69) is 6.92 Å². The first-order valence-corrected chi connectivity index (χ1v) is 25.1. The zero-order chi connectivity index (χ0) is 51.6. The van der Waals surface area contributed by atoms with E-state index in [4.69, 9.17) is 52.5 Å². The molecule has 5 rings (SSSR count). The molecule has 5 aliphatic rings. The monoisotopic (exact) mass is 1020 g/mol. The molecule has 0 spiro atoms. The number of hydrogen-bond acceptors (Lipinski definition) is 23. The molecule has 5 fully saturated rings.